The fourth-order valence-electron chi connectivity index (χ4n) is 2.26. The first kappa shape index (κ1) is 15.3. The van der Waals surface area contributed by atoms with E-state index < -0.39 is 0 Å². The first-order valence-corrected chi connectivity index (χ1v) is 7.62. The molecule has 4 heteroatoms. The number of amides is 1. The summed E-state index contributed by atoms with van der Waals surface area (Å²) in [5, 5.41) is 7.33. The first-order valence-electron chi connectivity index (χ1n) is 7.62. The van der Waals surface area contributed by atoms with Crippen molar-refractivity contribution in [3.63, 3.8) is 0 Å². The Kier molecular flexibility index (Phi) is 5.55. The second kappa shape index (κ2) is 7.62. The summed E-state index contributed by atoms with van der Waals surface area (Å²) in [4.78, 5) is 12.1. The monoisotopic (exact) mass is 285 g/mol. The molecule has 0 bridgehead atoms. The molecule has 0 aliphatic rings. The minimum atomic E-state index is -0.0933. The van der Waals surface area contributed by atoms with E-state index in [9.17, 15) is 4.79 Å². The molecule has 1 aromatic carbocycles. The van der Waals surface area contributed by atoms with Crippen LogP contribution in [0, 0.1) is 6.92 Å². The number of hydrogen-bond donors (Lipinski definition) is 1. The summed E-state index contributed by atoms with van der Waals surface area (Å²) in [6.07, 6.45) is 4.61. The quantitative estimate of drug-likeness (QED) is 0.792. The van der Waals surface area contributed by atoms with Gasteiger partial charge in [0.2, 0.25) is 0 Å². The van der Waals surface area contributed by atoms with Crippen molar-refractivity contribution >= 4 is 5.91 Å². The van der Waals surface area contributed by atoms with E-state index in [0.717, 1.165) is 30.8 Å². The van der Waals surface area contributed by atoms with E-state index in [4.69, 9.17) is 0 Å². The molecule has 0 saturated carbocycles. The average Bonchev–Trinajstić information content (AvgIpc) is 2.90. The third kappa shape index (κ3) is 4.18. The smallest absolute Gasteiger partial charge is 0.271 e. The predicted molar refractivity (Wildman–Crippen MR) is 84.8 cm³/mol. The number of unbranched alkanes of at least 4 members (excludes halogenated alkanes) is 3. The van der Waals surface area contributed by atoms with Gasteiger partial charge in [0.05, 0.1) is 5.69 Å². The number of para-hydroxylation sites is 1. The third-order valence-corrected chi connectivity index (χ3v) is 3.44. The summed E-state index contributed by atoms with van der Waals surface area (Å²) < 4.78 is 1.80. The lowest BCUT2D eigenvalue weighted by molar-refractivity contribution is 0.0947. The van der Waals surface area contributed by atoms with Gasteiger partial charge >= 0.3 is 0 Å². The van der Waals surface area contributed by atoms with Crippen LogP contribution in [0.15, 0.2) is 36.4 Å². The first-order chi connectivity index (χ1) is 10.2. The summed E-state index contributed by atoms with van der Waals surface area (Å²) >= 11 is 0. The maximum Gasteiger partial charge on any atom is 0.271 e. The second-order valence-corrected chi connectivity index (χ2v) is 5.23. The second-order valence-electron chi connectivity index (χ2n) is 5.23. The molecule has 0 spiro atoms. The highest BCUT2D eigenvalue weighted by Gasteiger charge is 2.12. The third-order valence-electron chi connectivity index (χ3n) is 3.44. The lowest BCUT2D eigenvalue weighted by Crippen LogP contribution is -2.25. The summed E-state index contributed by atoms with van der Waals surface area (Å²) in [5.74, 6) is -0.0933. The molecule has 2 aromatic rings. The van der Waals surface area contributed by atoms with Gasteiger partial charge < -0.3 is 5.32 Å². The van der Waals surface area contributed by atoms with Crippen molar-refractivity contribution in [1.82, 2.24) is 15.1 Å². The van der Waals surface area contributed by atoms with Crippen molar-refractivity contribution in [2.24, 2.45) is 0 Å². The van der Waals surface area contributed by atoms with Crippen molar-refractivity contribution in [2.75, 3.05) is 6.54 Å². The van der Waals surface area contributed by atoms with Crippen molar-refractivity contribution in [3.8, 4) is 5.69 Å². The Morgan fingerprint density at radius 3 is 2.67 bits per heavy atom. The summed E-state index contributed by atoms with van der Waals surface area (Å²) in [6, 6.07) is 11.7. The Balaban J connectivity index is 1.97. The van der Waals surface area contributed by atoms with Gasteiger partial charge in [-0.05, 0) is 31.5 Å². The van der Waals surface area contributed by atoms with Crippen molar-refractivity contribution in [2.45, 2.75) is 39.5 Å². The molecule has 21 heavy (non-hydrogen) atoms. The van der Waals surface area contributed by atoms with E-state index in [1.54, 1.807) is 4.68 Å². The molecular formula is C17H23N3O. The van der Waals surface area contributed by atoms with E-state index in [1.165, 1.54) is 12.8 Å². The largest absolute Gasteiger partial charge is 0.351 e. The van der Waals surface area contributed by atoms with E-state index in [2.05, 4.69) is 17.3 Å². The van der Waals surface area contributed by atoms with Crippen molar-refractivity contribution in [3.05, 3.63) is 47.8 Å². The molecule has 0 aliphatic heterocycles. The van der Waals surface area contributed by atoms with E-state index in [-0.39, 0.29) is 5.91 Å². The van der Waals surface area contributed by atoms with Crippen molar-refractivity contribution in [1.29, 1.82) is 0 Å². The zero-order valence-corrected chi connectivity index (χ0v) is 12.8. The summed E-state index contributed by atoms with van der Waals surface area (Å²) in [6.45, 7) is 4.85. The molecular weight excluding hydrogens is 262 g/mol. The van der Waals surface area contributed by atoms with Gasteiger partial charge in [-0.1, -0.05) is 44.4 Å². The Morgan fingerprint density at radius 1 is 1.19 bits per heavy atom. The zero-order valence-electron chi connectivity index (χ0n) is 12.8. The molecule has 112 valence electrons. The molecule has 1 aromatic heterocycles. The number of aromatic nitrogens is 2. The molecule has 4 nitrogen and oxygen atoms in total. The lowest BCUT2D eigenvalue weighted by atomic mass is 10.2. The molecule has 0 saturated heterocycles. The molecule has 0 fully saturated rings. The number of hydrogen-bond acceptors (Lipinski definition) is 2. The highest BCUT2D eigenvalue weighted by Crippen LogP contribution is 2.11. The molecule has 1 heterocycles. The van der Waals surface area contributed by atoms with Gasteiger partial charge in [0.25, 0.3) is 5.91 Å². The van der Waals surface area contributed by atoms with Gasteiger partial charge in [-0.25, -0.2) is 4.68 Å². The van der Waals surface area contributed by atoms with Gasteiger partial charge in [-0.15, -0.1) is 0 Å². The fourth-order valence-corrected chi connectivity index (χ4v) is 2.26. The zero-order chi connectivity index (χ0) is 15.1. The number of carbonyl (C=O) groups excluding carboxylic acids is 1. The van der Waals surface area contributed by atoms with Crippen LogP contribution in [-0.2, 0) is 0 Å². The Labute approximate surface area is 126 Å². The predicted octanol–water partition coefficient (Wildman–Crippen LogP) is 3.49. The molecule has 1 N–H and O–H groups in total. The van der Waals surface area contributed by atoms with Gasteiger partial charge in [-0.2, -0.15) is 5.10 Å². The molecule has 0 atom stereocenters. The van der Waals surface area contributed by atoms with Gasteiger partial charge in [0.1, 0.15) is 0 Å². The normalized spacial score (nSPS) is 10.6. The van der Waals surface area contributed by atoms with E-state index in [1.807, 2.05) is 43.3 Å². The molecule has 0 unspecified atom stereocenters. The summed E-state index contributed by atoms with van der Waals surface area (Å²) in [5.41, 5.74) is 2.40. The highest BCUT2D eigenvalue weighted by molar-refractivity contribution is 5.92. The number of aryl methyl sites for hydroxylation is 1. The van der Waals surface area contributed by atoms with Crippen LogP contribution in [0.2, 0.25) is 0 Å². The Hall–Kier alpha value is -2.10. The summed E-state index contributed by atoms with van der Waals surface area (Å²) in [7, 11) is 0. The van der Waals surface area contributed by atoms with Crippen LogP contribution >= 0.6 is 0 Å². The number of carbonyl (C=O) groups is 1. The number of nitrogens with zero attached hydrogens (tertiary/aromatic N) is 2. The topological polar surface area (TPSA) is 46.9 Å². The number of benzene rings is 1. The van der Waals surface area contributed by atoms with Crippen molar-refractivity contribution < 1.29 is 4.79 Å². The Bertz CT molecular complexity index is 575. The van der Waals surface area contributed by atoms with Crippen LogP contribution in [0.25, 0.3) is 5.69 Å². The molecule has 0 aliphatic carbocycles. The molecule has 2 rings (SSSR count). The van der Waals surface area contributed by atoms with E-state index in [0.29, 0.717) is 5.69 Å². The lowest BCUT2D eigenvalue weighted by Gasteiger charge is -2.03. The maximum absolute atomic E-state index is 12.1. The number of nitrogens with one attached hydrogen (secondary N) is 1. The standard InChI is InChI=1S/C17H23N3O/c1-3-4-5-9-12-18-17(21)16-13-14(2)20(19-16)15-10-7-6-8-11-15/h6-8,10-11,13H,3-5,9,12H2,1-2H3,(H,18,21). The SMILES string of the molecule is CCCCCCNC(=O)c1cc(C)n(-c2ccccc2)n1. The van der Waals surface area contributed by atoms with Gasteiger partial charge in [0, 0.05) is 12.2 Å². The van der Waals surface area contributed by atoms with E-state index >= 15 is 0 Å². The molecule has 1 amide bonds. The fraction of sp³-hybridized carbons (Fsp3) is 0.412. The minimum Gasteiger partial charge on any atom is -0.351 e. The van der Waals surface area contributed by atoms with Crippen LogP contribution in [-0.4, -0.2) is 22.2 Å². The van der Waals surface area contributed by atoms with Gasteiger partial charge in [-0.3, -0.25) is 4.79 Å². The van der Waals surface area contributed by atoms with Crippen LogP contribution in [0.5, 0.6) is 0 Å². The average molecular weight is 285 g/mol. The minimum absolute atomic E-state index is 0.0933. The van der Waals surface area contributed by atoms with Crippen LogP contribution < -0.4 is 5.32 Å². The molecule has 0 radical (unpaired) electrons. The van der Waals surface area contributed by atoms with Crippen LogP contribution in [0.1, 0.15) is 48.8 Å². The highest BCUT2D eigenvalue weighted by atomic mass is 16.1. The van der Waals surface area contributed by atoms with Crippen LogP contribution in [0.4, 0.5) is 0 Å². The maximum atomic E-state index is 12.1. The van der Waals surface area contributed by atoms with Crippen LogP contribution in [0.3, 0.4) is 0 Å². The van der Waals surface area contributed by atoms with Gasteiger partial charge in [0.15, 0.2) is 5.69 Å². The Morgan fingerprint density at radius 2 is 1.95 bits per heavy atom. The number of rotatable bonds is 7.